The van der Waals surface area contributed by atoms with Crippen LogP contribution in [-0.2, 0) is 10.0 Å². The molecule has 3 rings (SSSR count). The van der Waals surface area contributed by atoms with Gasteiger partial charge in [0, 0.05) is 5.02 Å². The highest BCUT2D eigenvalue weighted by molar-refractivity contribution is 7.92. The number of aromatic carboxylic acids is 1. The predicted molar refractivity (Wildman–Crippen MR) is 106 cm³/mol. The van der Waals surface area contributed by atoms with Gasteiger partial charge in [-0.05, 0) is 41.5 Å². The summed E-state index contributed by atoms with van der Waals surface area (Å²) in [6.45, 7) is 0. The Bertz CT molecular complexity index is 1200. The van der Waals surface area contributed by atoms with E-state index in [1.54, 1.807) is 6.07 Å². The number of carboxylic acid groups (broad SMARTS) is 1. The third-order valence-corrected chi connectivity index (χ3v) is 5.48. The van der Waals surface area contributed by atoms with Gasteiger partial charge in [0.1, 0.15) is 0 Å². The number of sulfonamides is 1. The Balaban J connectivity index is 2.08. The van der Waals surface area contributed by atoms with E-state index in [0.717, 1.165) is 11.6 Å². The smallest absolute Gasteiger partial charge is 0.337 e. The Labute approximate surface area is 166 Å². The highest BCUT2D eigenvalue weighted by atomic mass is 35.5. The quantitative estimate of drug-likeness (QED) is 0.646. The molecule has 0 unspecified atom stereocenters. The topological polar surface area (TPSA) is 107 Å². The lowest BCUT2D eigenvalue weighted by Gasteiger charge is -2.13. The molecule has 3 aromatic carbocycles. The predicted octanol–water partition coefficient (Wildman–Crippen LogP) is 4.38. The van der Waals surface area contributed by atoms with Gasteiger partial charge in [-0.1, -0.05) is 48.0 Å². The molecule has 0 aliphatic carbocycles. The van der Waals surface area contributed by atoms with Gasteiger partial charge in [0.25, 0.3) is 10.0 Å². The van der Waals surface area contributed by atoms with E-state index in [4.69, 9.17) is 16.9 Å². The van der Waals surface area contributed by atoms with E-state index in [1.165, 1.54) is 24.3 Å². The minimum atomic E-state index is -4.17. The van der Waals surface area contributed by atoms with E-state index in [-0.39, 0.29) is 26.7 Å². The van der Waals surface area contributed by atoms with Crippen molar-refractivity contribution in [3.63, 3.8) is 0 Å². The molecule has 140 valence electrons. The monoisotopic (exact) mass is 412 g/mol. The second-order valence-electron chi connectivity index (χ2n) is 5.82. The third-order valence-electron chi connectivity index (χ3n) is 3.91. The number of hydrogen-bond acceptors (Lipinski definition) is 4. The van der Waals surface area contributed by atoms with Crippen LogP contribution in [0.15, 0.2) is 71.6 Å². The first-order valence-corrected chi connectivity index (χ1v) is 9.82. The summed E-state index contributed by atoms with van der Waals surface area (Å²) < 4.78 is 27.8. The molecule has 0 amide bonds. The summed E-state index contributed by atoms with van der Waals surface area (Å²) in [5, 5.41) is 18.5. The zero-order valence-corrected chi connectivity index (χ0v) is 15.8. The molecule has 8 heteroatoms. The van der Waals surface area contributed by atoms with E-state index in [1.807, 2.05) is 36.4 Å². The van der Waals surface area contributed by atoms with Gasteiger partial charge in [-0.3, -0.25) is 4.72 Å². The standard InChI is InChI=1S/C20H13ClN2O4S/c21-16-8-13(12-22)9-17(11-16)28(26,27)23-19-10-15(6-7-18(19)20(24)25)14-4-2-1-3-5-14/h1-11,23H,(H,24,25). The van der Waals surface area contributed by atoms with Crippen molar-refractivity contribution in [2.24, 2.45) is 0 Å². The molecule has 3 aromatic rings. The number of benzene rings is 3. The second-order valence-corrected chi connectivity index (χ2v) is 7.94. The number of nitriles is 1. The van der Waals surface area contributed by atoms with Crippen LogP contribution in [0.25, 0.3) is 11.1 Å². The van der Waals surface area contributed by atoms with Crippen molar-refractivity contribution in [3.05, 3.63) is 82.9 Å². The highest BCUT2D eigenvalue weighted by Crippen LogP contribution is 2.28. The highest BCUT2D eigenvalue weighted by Gasteiger charge is 2.20. The van der Waals surface area contributed by atoms with Gasteiger partial charge in [0.15, 0.2) is 0 Å². The maximum absolute atomic E-state index is 12.8. The zero-order valence-electron chi connectivity index (χ0n) is 14.3. The molecule has 0 spiro atoms. The summed E-state index contributed by atoms with van der Waals surface area (Å²) in [5.74, 6) is -1.28. The molecule has 0 atom stereocenters. The molecule has 0 bridgehead atoms. The van der Waals surface area contributed by atoms with Crippen LogP contribution < -0.4 is 4.72 Å². The van der Waals surface area contributed by atoms with Crippen LogP contribution in [0.4, 0.5) is 5.69 Å². The minimum absolute atomic E-state index is 0.0735. The Morgan fingerprint density at radius 1 is 1.00 bits per heavy atom. The zero-order chi connectivity index (χ0) is 20.3. The third kappa shape index (κ3) is 4.14. The fourth-order valence-electron chi connectivity index (χ4n) is 2.61. The summed E-state index contributed by atoms with van der Waals surface area (Å²) in [7, 11) is -4.17. The number of rotatable bonds is 5. The van der Waals surface area contributed by atoms with Gasteiger partial charge in [-0.25, -0.2) is 13.2 Å². The Morgan fingerprint density at radius 3 is 2.36 bits per heavy atom. The fraction of sp³-hybridized carbons (Fsp3) is 0. The fourth-order valence-corrected chi connectivity index (χ4v) is 4.05. The number of hydrogen-bond donors (Lipinski definition) is 2. The summed E-state index contributed by atoms with van der Waals surface area (Å²) in [5.41, 5.74) is 1.23. The van der Waals surface area contributed by atoms with Crippen LogP contribution in [0.2, 0.25) is 5.02 Å². The van der Waals surface area contributed by atoms with Crippen molar-refractivity contribution < 1.29 is 18.3 Å². The summed E-state index contributed by atoms with van der Waals surface area (Å²) in [6, 6.07) is 19.0. The van der Waals surface area contributed by atoms with Crippen LogP contribution in [0.3, 0.4) is 0 Å². The van der Waals surface area contributed by atoms with Gasteiger partial charge in [-0.2, -0.15) is 5.26 Å². The first-order valence-electron chi connectivity index (χ1n) is 7.96. The number of nitrogens with zero attached hydrogens (tertiary/aromatic N) is 1. The number of carboxylic acids is 1. The van der Waals surface area contributed by atoms with Crippen LogP contribution in [0.1, 0.15) is 15.9 Å². The van der Waals surface area contributed by atoms with E-state index in [0.29, 0.717) is 5.56 Å². The first kappa shape index (κ1) is 19.4. The number of nitrogens with one attached hydrogen (secondary N) is 1. The first-order chi connectivity index (χ1) is 13.3. The molecule has 28 heavy (non-hydrogen) atoms. The van der Waals surface area contributed by atoms with Crippen molar-refractivity contribution in [3.8, 4) is 17.2 Å². The van der Waals surface area contributed by atoms with Crippen LogP contribution in [0, 0.1) is 11.3 Å². The van der Waals surface area contributed by atoms with Crippen molar-refractivity contribution >= 4 is 33.3 Å². The van der Waals surface area contributed by atoms with Crippen molar-refractivity contribution in [1.29, 1.82) is 5.26 Å². The molecule has 6 nitrogen and oxygen atoms in total. The molecule has 0 radical (unpaired) electrons. The number of carbonyl (C=O) groups is 1. The Hall–Kier alpha value is -3.34. The molecule has 0 heterocycles. The Kier molecular flexibility index (Phi) is 5.36. The molecule has 2 N–H and O–H groups in total. The lowest BCUT2D eigenvalue weighted by Crippen LogP contribution is -2.16. The minimum Gasteiger partial charge on any atom is -0.478 e. The van der Waals surface area contributed by atoms with Crippen molar-refractivity contribution in [2.45, 2.75) is 4.90 Å². The molecular weight excluding hydrogens is 400 g/mol. The normalized spacial score (nSPS) is 10.9. The molecule has 0 saturated carbocycles. The van der Waals surface area contributed by atoms with Crippen molar-refractivity contribution in [2.75, 3.05) is 4.72 Å². The molecule has 0 fully saturated rings. The van der Waals surface area contributed by atoms with Crippen LogP contribution in [0.5, 0.6) is 0 Å². The lowest BCUT2D eigenvalue weighted by atomic mass is 10.0. The van der Waals surface area contributed by atoms with E-state index in [9.17, 15) is 18.3 Å². The average molecular weight is 413 g/mol. The number of anilines is 1. The largest absolute Gasteiger partial charge is 0.478 e. The molecule has 0 aromatic heterocycles. The van der Waals surface area contributed by atoms with E-state index >= 15 is 0 Å². The Morgan fingerprint density at radius 2 is 1.71 bits per heavy atom. The van der Waals surface area contributed by atoms with Gasteiger partial charge >= 0.3 is 5.97 Å². The van der Waals surface area contributed by atoms with Crippen molar-refractivity contribution in [1.82, 2.24) is 0 Å². The van der Waals surface area contributed by atoms with Gasteiger partial charge < -0.3 is 5.11 Å². The molecule has 0 saturated heterocycles. The second kappa shape index (κ2) is 7.72. The summed E-state index contributed by atoms with van der Waals surface area (Å²) in [6.07, 6.45) is 0. The molecule has 0 aliphatic rings. The average Bonchev–Trinajstić information content (AvgIpc) is 2.67. The van der Waals surface area contributed by atoms with E-state index < -0.39 is 16.0 Å². The summed E-state index contributed by atoms with van der Waals surface area (Å²) in [4.78, 5) is 11.3. The molecular formula is C20H13ClN2O4S. The van der Waals surface area contributed by atoms with Crippen LogP contribution in [-0.4, -0.2) is 19.5 Å². The lowest BCUT2D eigenvalue weighted by molar-refractivity contribution is 0.0698. The van der Waals surface area contributed by atoms with Gasteiger partial charge in [0.05, 0.1) is 27.8 Å². The summed E-state index contributed by atoms with van der Waals surface area (Å²) >= 11 is 5.89. The SMILES string of the molecule is N#Cc1cc(Cl)cc(S(=O)(=O)Nc2cc(-c3ccccc3)ccc2C(=O)O)c1. The van der Waals surface area contributed by atoms with Crippen LogP contribution >= 0.6 is 11.6 Å². The maximum Gasteiger partial charge on any atom is 0.337 e. The van der Waals surface area contributed by atoms with E-state index in [2.05, 4.69) is 4.72 Å². The maximum atomic E-state index is 12.8. The van der Waals surface area contributed by atoms with Gasteiger partial charge in [0.2, 0.25) is 0 Å². The number of halogens is 1. The molecule has 0 aliphatic heterocycles. The van der Waals surface area contributed by atoms with Gasteiger partial charge in [-0.15, -0.1) is 0 Å².